The van der Waals surface area contributed by atoms with Crippen LogP contribution in [-0.2, 0) is 16.1 Å². The SMILES string of the molecule is COc1cc(C)cc2c1OCCC2NC(=O)[C@@H]1C[C@@H](F)CN1C(=O)Cn1cc(C(C)=O)c2cc(Nc3cncnc3)ccc21. The molecule has 11 nitrogen and oxygen atoms in total. The second-order valence-electron chi connectivity index (χ2n) is 11.2. The Balaban J connectivity index is 1.22. The van der Waals surface area contributed by atoms with Crippen LogP contribution in [0.5, 0.6) is 11.5 Å². The Bertz CT molecular complexity index is 1740. The fourth-order valence-corrected chi connectivity index (χ4v) is 6.05. The average molecular weight is 601 g/mol. The van der Waals surface area contributed by atoms with E-state index in [1.165, 1.54) is 18.2 Å². The number of likely N-dealkylation sites (tertiary alicyclic amines) is 1. The number of hydrogen-bond acceptors (Lipinski definition) is 8. The molecule has 228 valence electrons. The lowest BCUT2D eigenvalue weighted by atomic mass is 9.97. The minimum Gasteiger partial charge on any atom is -0.493 e. The van der Waals surface area contributed by atoms with Gasteiger partial charge in [0.15, 0.2) is 17.3 Å². The minimum absolute atomic E-state index is 0.0891. The maximum atomic E-state index is 14.8. The molecule has 2 N–H and O–H groups in total. The molecule has 0 saturated carbocycles. The molecule has 0 spiro atoms. The summed E-state index contributed by atoms with van der Waals surface area (Å²) in [4.78, 5) is 49.0. The van der Waals surface area contributed by atoms with Gasteiger partial charge in [-0.05, 0) is 43.7 Å². The summed E-state index contributed by atoms with van der Waals surface area (Å²) in [7, 11) is 1.56. The van der Waals surface area contributed by atoms with Crippen LogP contribution < -0.4 is 20.1 Å². The van der Waals surface area contributed by atoms with E-state index in [-0.39, 0.29) is 31.3 Å². The first-order valence-corrected chi connectivity index (χ1v) is 14.4. The van der Waals surface area contributed by atoms with Gasteiger partial charge in [-0.1, -0.05) is 6.07 Å². The van der Waals surface area contributed by atoms with E-state index in [4.69, 9.17) is 9.47 Å². The van der Waals surface area contributed by atoms with Crippen molar-refractivity contribution in [2.75, 3.05) is 25.6 Å². The highest BCUT2D eigenvalue weighted by Crippen LogP contribution is 2.40. The van der Waals surface area contributed by atoms with E-state index in [0.717, 1.165) is 16.8 Å². The molecule has 44 heavy (non-hydrogen) atoms. The van der Waals surface area contributed by atoms with Crippen LogP contribution in [-0.4, -0.2) is 69.5 Å². The summed E-state index contributed by atoms with van der Waals surface area (Å²) in [6.07, 6.45) is 5.44. The number of carbonyl (C=O) groups is 3. The summed E-state index contributed by atoms with van der Waals surface area (Å²) in [5, 5.41) is 6.91. The maximum absolute atomic E-state index is 14.8. The number of anilines is 2. The zero-order valence-electron chi connectivity index (χ0n) is 24.7. The van der Waals surface area contributed by atoms with Crippen molar-refractivity contribution >= 4 is 39.9 Å². The fraction of sp³-hybridized carbons (Fsp3) is 0.344. The van der Waals surface area contributed by atoms with Gasteiger partial charge in [0.1, 0.15) is 25.1 Å². The van der Waals surface area contributed by atoms with Crippen molar-refractivity contribution in [3.8, 4) is 11.5 Å². The molecule has 3 atom stereocenters. The Kier molecular flexibility index (Phi) is 7.90. The predicted octanol–water partition coefficient (Wildman–Crippen LogP) is 4.27. The number of Topliss-reactive ketones (excluding diaryl/α,β-unsaturated/α-hetero) is 1. The zero-order chi connectivity index (χ0) is 31.0. The van der Waals surface area contributed by atoms with Crippen LogP contribution in [0.1, 0.15) is 47.3 Å². The average Bonchev–Trinajstić information content (AvgIpc) is 3.58. The van der Waals surface area contributed by atoms with Gasteiger partial charge in [0.05, 0.1) is 44.4 Å². The van der Waals surface area contributed by atoms with E-state index in [2.05, 4.69) is 20.6 Å². The van der Waals surface area contributed by atoms with Crippen LogP contribution in [0, 0.1) is 6.92 Å². The van der Waals surface area contributed by atoms with E-state index in [1.54, 1.807) is 30.3 Å². The minimum atomic E-state index is -1.33. The molecule has 12 heteroatoms. The highest BCUT2D eigenvalue weighted by molar-refractivity contribution is 6.08. The number of ketones is 1. The number of fused-ring (bicyclic) bond motifs is 2. The number of amides is 2. The standard InChI is InChI=1S/C32H33FN6O5/c1-18-8-24-26(6-7-44-31(24)29(9-18)43-3)37-32(42)28-10-20(33)14-39(28)30(41)16-38-15-25(19(2)40)23-11-21(4-5-27(23)38)36-22-12-34-17-35-13-22/h4-5,8-9,11-13,15,17,20,26,28,36H,6-7,10,14,16H2,1-3H3,(H,37,42)/t20-,26?,28+/m1/s1. The molecule has 2 aliphatic heterocycles. The van der Waals surface area contributed by atoms with Gasteiger partial charge in [0.2, 0.25) is 11.8 Å². The van der Waals surface area contributed by atoms with Gasteiger partial charge in [-0.15, -0.1) is 0 Å². The van der Waals surface area contributed by atoms with Gasteiger partial charge in [-0.2, -0.15) is 0 Å². The first-order chi connectivity index (χ1) is 21.2. The first kappa shape index (κ1) is 29.1. The lowest BCUT2D eigenvalue weighted by Crippen LogP contribution is -2.48. The molecule has 2 amide bonds. The molecule has 1 fully saturated rings. The van der Waals surface area contributed by atoms with Crippen LogP contribution in [0.2, 0.25) is 0 Å². The molecule has 0 aliphatic carbocycles. The van der Waals surface area contributed by atoms with Crippen LogP contribution in [0.3, 0.4) is 0 Å². The molecule has 4 heterocycles. The van der Waals surface area contributed by atoms with Gasteiger partial charge in [0.25, 0.3) is 0 Å². The van der Waals surface area contributed by atoms with Gasteiger partial charge in [0, 0.05) is 46.8 Å². The van der Waals surface area contributed by atoms with Gasteiger partial charge in [-0.3, -0.25) is 14.4 Å². The second kappa shape index (κ2) is 11.9. The van der Waals surface area contributed by atoms with Crippen molar-refractivity contribution in [2.24, 2.45) is 0 Å². The summed E-state index contributed by atoms with van der Waals surface area (Å²) in [6, 6.07) is 7.94. The topological polar surface area (TPSA) is 128 Å². The Hall–Kier alpha value is -5.00. The number of nitrogens with one attached hydrogen (secondary N) is 2. The lowest BCUT2D eigenvalue weighted by Gasteiger charge is -2.31. The number of ether oxygens (including phenoxy) is 2. The number of aromatic nitrogens is 3. The number of hydrogen-bond donors (Lipinski definition) is 2. The Morgan fingerprint density at radius 1 is 1.14 bits per heavy atom. The van der Waals surface area contributed by atoms with Gasteiger partial charge < -0.3 is 29.6 Å². The third-order valence-electron chi connectivity index (χ3n) is 8.08. The van der Waals surface area contributed by atoms with Gasteiger partial charge >= 0.3 is 0 Å². The molecular weight excluding hydrogens is 567 g/mol. The van der Waals surface area contributed by atoms with Crippen LogP contribution in [0.4, 0.5) is 15.8 Å². The summed E-state index contributed by atoms with van der Waals surface area (Å²) in [5.41, 5.74) is 4.26. The van der Waals surface area contributed by atoms with Crippen molar-refractivity contribution in [3.05, 3.63) is 71.9 Å². The van der Waals surface area contributed by atoms with E-state index in [9.17, 15) is 18.8 Å². The number of rotatable bonds is 8. The van der Waals surface area contributed by atoms with Crippen LogP contribution >= 0.6 is 0 Å². The summed E-state index contributed by atoms with van der Waals surface area (Å²) in [6.45, 7) is 3.44. The van der Waals surface area contributed by atoms with Crippen LogP contribution in [0.15, 0.2) is 55.2 Å². The highest BCUT2D eigenvalue weighted by atomic mass is 19.1. The molecule has 4 aromatic rings. The highest BCUT2D eigenvalue weighted by Gasteiger charge is 2.41. The Labute approximate surface area is 253 Å². The second-order valence-corrected chi connectivity index (χ2v) is 11.2. The van der Waals surface area contributed by atoms with E-state index in [1.807, 2.05) is 37.3 Å². The Morgan fingerprint density at radius 2 is 1.93 bits per heavy atom. The zero-order valence-corrected chi connectivity index (χ0v) is 24.7. The predicted molar refractivity (Wildman–Crippen MR) is 161 cm³/mol. The molecule has 1 unspecified atom stereocenters. The molecule has 2 aromatic heterocycles. The molecule has 0 bridgehead atoms. The molecular formula is C32H33FN6O5. The molecule has 2 aliphatic rings. The number of halogens is 1. The van der Waals surface area contributed by atoms with Crippen molar-refractivity contribution in [1.29, 1.82) is 0 Å². The lowest BCUT2D eigenvalue weighted by molar-refractivity contribution is -0.139. The van der Waals surface area contributed by atoms with Crippen LogP contribution in [0.25, 0.3) is 10.9 Å². The molecule has 1 saturated heterocycles. The van der Waals surface area contributed by atoms with Gasteiger partial charge in [-0.25, -0.2) is 14.4 Å². The number of benzene rings is 2. The summed E-state index contributed by atoms with van der Waals surface area (Å²) >= 11 is 0. The molecule has 0 radical (unpaired) electrons. The van der Waals surface area contributed by atoms with Crippen molar-refractivity contribution in [3.63, 3.8) is 0 Å². The monoisotopic (exact) mass is 600 g/mol. The van der Waals surface area contributed by atoms with Crippen molar-refractivity contribution < 1.29 is 28.2 Å². The summed E-state index contributed by atoms with van der Waals surface area (Å²) < 4.78 is 27.7. The fourth-order valence-electron chi connectivity index (χ4n) is 6.05. The number of aryl methyl sites for hydroxylation is 1. The number of alkyl halides is 1. The maximum Gasteiger partial charge on any atom is 0.243 e. The van der Waals surface area contributed by atoms with E-state index >= 15 is 0 Å². The largest absolute Gasteiger partial charge is 0.493 e. The number of nitrogens with zero attached hydrogens (tertiary/aromatic N) is 4. The number of methoxy groups -OCH3 is 1. The molecule has 2 aromatic carbocycles. The van der Waals surface area contributed by atoms with Crippen molar-refractivity contribution in [2.45, 2.75) is 51.5 Å². The third kappa shape index (κ3) is 5.67. The number of carbonyl (C=O) groups excluding carboxylic acids is 3. The summed E-state index contributed by atoms with van der Waals surface area (Å²) in [5.74, 6) is 0.173. The normalized spacial score (nSPS) is 19.3. The van der Waals surface area contributed by atoms with E-state index < -0.39 is 24.0 Å². The quantitative estimate of drug-likeness (QED) is 0.287. The van der Waals surface area contributed by atoms with E-state index in [0.29, 0.717) is 46.7 Å². The Morgan fingerprint density at radius 3 is 2.68 bits per heavy atom. The van der Waals surface area contributed by atoms with Crippen molar-refractivity contribution in [1.82, 2.24) is 24.8 Å². The third-order valence-corrected chi connectivity index (χ3v) is 8.08. The first-order valence-electron chi connectivity index (χ1n) is 14.4. The molecule has 6 rings (SSSR count). The smallest absolute Gasteiger partial charge is 0.243 e.